The first-order chi connectivity index (χ1) is 11.3. The highest BCUT2D eigenvalue weighted by Gasteiger charge is 1.99. The van der Waals surface area contributed by atoms with Crippen LogP contribution in [0.25, 0.3) is 10.8 Å². The van der Waals surface area contributed by atoms with Crippen LogP contribution in [0.1, 0.15) is 62.5 Å². The van der Waals surface area contributed by atoms with Crippen molar-refractivity contribution in [2.45, 2.75) is 57.8 Å². The summed E-state index contributed by atoms with van der Waals surface area (Å²) < 4.78 is 0. The number of nitriles is 1. The third kappa shape index (κ3) is 6.36. The molecule has 0 aliphatic rings. The van der Waals surface area contributed by atoms with E-state index in [0.29, 0.717) is 0 Å². The van der Waals surface area contributed by atoms with Gasteiger partial charge in [-0.1, -0.05) is 78.7 Å². The van der Waals surface area contributed by atoms with E-state index < -0.39 is 0 Å². The average Bonchev–Trinajstić information content (AvgIpc) is 2.59. The molecule has 0 aliphatic carbocycles. The molecule has 0 unspecified atom stereocenters. The van der Waals surface area contributed by atoms with Crippen molar-refractivity contribution in [3.05, 3.63) is 47.5 Å². The lowest BCUT2D eigenvalue weighted by atomic mass is 10.0. The van der Waals surface area contributed by atoms with Crippen LogP contribution in [-0.4, -0.2) is 5.33 Å². The minimum Gasteiger partial charge on any atom is -0.192 e. The third-order valence-corrected chi connectivity index (χ3v) is 4.94. The van der Waals surface area contributed by atoms with Crippen LogP contribution < -0.4 is 0 Å². The van der Waals surface area contributed by atoms with Crippen LogP contribution in [0.3, 0.4) is 0 Å². The van der Waals surface area contributed by atoms with E-state index in [-0.39, 0.29) is 0 Å². The number of fused-ring (bicyclic) bond motifs is 1. The van der Waals surface area contributed by atoms with Gasteiger partial charge in [0.1, 0.15) is 0 Å². The molecule has 0 radical (unpaired) electrons. The first-order valence-electron chi connectivity index (χ1n) is 8.82. The largest absolute Gasteiger partial charge is 0.192 e. The van der Waals surface area contributed by atoms with Gasteiger partial charge in [0, 0.05) is 5.33 Å². The summed E-state index contributed by atoms with van der Waals surface area (Å²) in [5.41, 5.74) is 2.15. The molecule has 2 rings (SSSR count). The average molecular weight is 372 g/mol. The zero-order valence-electron chi connectivity index (χ0n) is 13.9. The van der Waals surface area contributed by atoms with Gasteiger partial charge in [0.2, 0.25) is 0 Å². The zero-order chi connectivity index (χ0) is 16.3. The second-order valence-electron chi connectivity index (χ2n) is 6.28. The first-order valence-corrected chi connectivity index (χ1v) is 9.94. The van der Waals surface area contributed by atoms with Crippen molar-refractivity contribution in [2.24, 2.45) is 0 Å². The number of aryl methyl sites for hydroxylation is 1. The molecule has 1 nitrogen and oxygen atoms in total. The molecule has 2 heteroatoms. The molecule has 0 heterocycles. The predicted molar refractivity (Wildman–Crippen MR) is 103 cm³/mol. The Morgan fingerprint density at radius 3 is 2.04 bits per heavy atom. The molecule has 23 heavy (non-hydrogen) atoms. The zero-order valence-corrected chi connectivity index (χ0v) is 15.4. The van der Waals surface area contributed by atoms with E-state index in [1.807, 2.05) is 12.1 Å². The lowest BCUT2D eigenvalue weighted by Gasteiger charge is -2.05. The van der Waals surface area contributed by atoms with Gasteiger partial charge >= 0.3 is 0 Å². The molecule has 2 aromatic rings. The second kappa shape index (κ2) is 10.4. The Bertz CT molecular complexity index is 642. The molecular formula is C21H26BrN. The summed E-state index contributed by atoms with van der Waals surface area (Å²) in [4.78, 5) is 0. The van der Waals surface area contributed by atoms with Gasteiger partial charge in [-0.3, -0.25) is 0 Å². The minimum atomic E-state index is 0.737. The number of rotatable bonds is 10. The van der Waals surface area contributed by atoms with Crippen LogP contribution in [0.15, 0.2) is 36.4 Å². The smallest absolute Gasteiger partial charge is 0.0991 e. The van der Waals surface area contributed by atoms with E-state index in [0.717, 1.165) is 16.3 Å². The van der Waals surface area contributed by atoms with Gasteiger partial charge in [0.05, 0.1) is 11.6 Å². The Labute approximate surface area is 148 Å². The Hall–Kier alpha value is -1.33. The van der Waals surface area contributed by atoms with E-state index in [1.54, 1.807) is 0 Å². The molecule has 0 aliphatic heterocycles. The second-order valence-corrected chi connectivity index (χ2v) is 7.07. The highest BCUT2D eigenvalue weighted by molar-refractivity contribution is 9.09. The van der Waals surface area contributed by atoms with Crippen molar-refractivity contribution < 1.29 is 0 Å². The summed E-state index contributed by atoms with van der Waals surface area (Å²) in [5.74, 6) is 0. The lowest BCUT2D eigenvalue weighted by molar-refractivity contribution is 0.577. The molecule has 0 saturated carbocycles. The quantitative estimate of drug-likeness (QED) is 0.333. The topological polar surface area (TPSA) is 23.8 Å². The summed E-state index contributed by atoms with van der Waals surface area (Å²) in [6.07, 6.45) is 12.0. The van der Waals surface area contributed by atoms with Gasteiger partial charge in [0.25, 0.3) is 0 Å². The fraction of sp³-hybridized carbons (Fsp3) is 0.476. The number of nitrogens with zero attached hydrogens (tertiary/aromatic N) is 1. The maximum Gasteiger partial charge on any atom is 0.0991 e. The van der Waals surface area contributed by atoms with Gasteiger partial charge in [0.15, 0.2) is 0 Å². The van der Waals surface area contributed by atoms with E-state index >= 15 is 0 Å². The van der Waals surface area contributed by atoms with Gasteiger partial charge in [-0.05, 0) is 47.7 Å². The molecule has 2 aromatic carbocycles. The van der Waals surface area contributed by atoms with E-state index in [4.69, 9.17) is 5.26 Å². The van der Waals surface area contributed by atoms with E-state index in [9.17, 15) is 0 Å². The molecular weight excluding hydrogens is 346 g/mol. The number of benzene rings is 2. The highest BCUT2D eigenvalue weighted by atomic mass is 79.9. The van der Waals surface area contributed by atoms with Crippen LogP contribution >= 0.6 is 15.9 Å². The molecule has 0 spiro atoms. The Kier molecular flexibility index (Phi) is 8.18. The Balaban J connectivity index is 1.68. The lowest BCUT2D eigenvalue weighted by Crippen LogP contribution is -1.87. The van der Waals surface area contributed by atoms with E-state index in [2.05, 4.69) is 46.3 Å². The number of unbranched alkanes of at least 4 members (excludes halogenated alkanes) is 7. The van der Waals surface area contributed by atoms with Crippen molar-refractivity contribution in [1.29, 1.82) is 5.26 Å². The number of halogens is 1. The normalized spacial score (nSPS) is 10.8. The van der Waals surface area contributed by atoms with Crippen molar-refractivity contribution in [3.63, 3.8) is 0 Å². The number of alkyl halides is 1. The number of hydrogen-bond acceptors (Lipinski definition) is 1. The third-order valence-electron chi connectivity index (χ3n) is 4.38. The molecule has 0 saturated heterocycles. The van der Waals surface area contributed by atoms with Gasteiger partial charge in [-0.2, -0.15) is 5.26 Å². The molecule has 0 N–H and O–H groups in total. The van der Waals surface area contributed by atoms with Crippen LogP contribution in [0.5, 0.6) is 0 Å². The molecule has 0 fully saturated rings. The van der Waals surface area contributed by atoms with Gasteiger partial charge in [-0.15, -0.1) is 0 Å². The van der Waals surface area contributed by atoms with Crippen molar-refractivity contribution >= 4 is 26.7 Å². The maximum absolute atomic E-state index is 8.95. The summed E-state index contributed by atoms with van der Waals surface area (Å²) in [6.45, 7) is 0. The molecule has 0 aromatic heterocycles. The van der Waals surface area contributed by atoms with Gasteiger partial charge in [-0.25, -0.2) is 0 Å². The summed E-state index contributed by atoms with van der Waals surface area (Å²) in [6, 6.07) is 14.8. The first kappa shape index (κ1) is 18.0. The highest BCUT2D eigenvalue weighted by Crippen LogP contribution is 2.19. The van der Waals surface area contributed by atoms with Crippen LogP contribution in [0.2, 0.25) is 0 Å². The summed E-state index contributed by atoms with van der Waals surface area (Å²) in [5, 5.41) is 12.5. The molecule has 0 amide bonds. The monoisotopic (exact) mass is 371 g/mol. The summed E-state index contributed by atoms with van der Waals surface area (Å²) in [7, 11) is 0. The minimum absolute atomic E-state index is 0.737. The SMILES string of the molecule is N#Cc1ccc2cc(CCCCCCCCCCBr)ccc2c1. The van der Waals surface area contributed by atoms with Crippen molar-refractivity contribution in [1.82, 2.24) is 0 Å². The standard InChI is InChI=1S/C21H26BrN/c22-14-8-6-4-2-1-3-5-7-9-18-10-12-21-16-19(17-23)11-13-20(21)15-18/h10-13,15-16H,1-9,14H2. The molecule has 0 bridgehead atoms. The fourth-order valence-corrected chi connectivity index (χ4v) is 3.40. The number of hydrogen-bond donors (Lipinski definition) is 0. The van der Waals surface area contributed by atoms with Crippen LogP contribution in [0.4, 0.5) is 0 Å². The predicted octanol–water partition coefficient (Wildman–Crippen LogP) is 6.77. The Morgan fingerprint density at radius 1 is 0.739 bits per heavy atom. The van der Waals surface area contributed by atoms with Crippen LogP contribution in [0, 0.1) is 11.3 Å². The van der Waals surface area contributed by atoms with E-state index in [1.165, 1.54) is 68.7 Å². The fourth-order valence-electron chi connectivity index (χ4n) is 3.00. The molecule has 122 valence electrons. The van der Waals surface area contributed by atoms with Crippen LogP contribution in [-0.2, 0) is 6.42 Å². The Morgan fingerprint density at radius 2 is 1.35 bits per heavy atom. The maximum atomic E-state index is 8.95. The molecule has 0 atom stereocenters. The summed E-state index contributed by atoms with van der Waals surface area (Å²) >= 11 is 3.48. The van der Waals surface area contributed by atoms with Gasteiger partial charge < -0.3 is 0 Å². The van der Waals surface area contributed by atoms with Crippen molar-refractivity contribution in [3.8, 4) is 6.07 Å². The van der Waals surface area contributed by atoms with Crippen molar-refractivity contribution in [2.75, 3.05) is 5.33 Å².